The number of aryl methyl sites for hydroxylation is 2. The van der Waals surface area contributed by atoms with Crippen LogP contribution in [0.3, 0.4) is 0 Å². The van der Waals surface area contributed by atoms with Crippen molar-refractivity contribution in [2.24, 2.45) is 0 Å². The summed E-state index contributed by atoms with van der Waals surface area (Å²) in [6.45, 7) is 3.58. The first-order valence-corrected chi connectivity index (χ1v) is 5.99. The molecule has 104 valence electrons. The monoisotopic (exact) mass is 274 g/mol. The summed E-state index contributed by atoms with van der Waals surface area (Å²) in [5.74, 6) is -0.0203. The van der Waals surface area contributed by atoms with Gasteiger partial charge >= 0.3 is 5.69 Å². The number of aromatic nitrogens is 3. The van der Waals surface area contributed by atoms with E-state index in [-0.39, 0.29) is 23.7 Å². The van der Waals surface area contributed by atoms with Gasteiger partial charge in [-0.3, -0.25) is 14.6 Å². The van der Waals surface area contributed by atoms with E-state index in [0.29, 0.717) is 11.4 Å². The van der Waals surface area contributed by atoms with Crippen LogP contribution in [0.25, 0.3) is 0 Å². The lowest BCUT2D eigenvalue weighted by Gasteiger charge is -2.13. The normalized spacial score (nSPS) is 10.3. The zero-order chi connectivity index (χ0) is 14.7. The van der Waals surface area contributed by atoms with Crippen molar-refractivity contribution in [3.05, 3.63) is 56.5 Å². The molecule has 2 N–H and O–H groups in total. The molecule has 0 unspecified atom stereocenters. The first kappa shape index (κ1) is 13.7. The zero-order valence-electron chi connectivity index (χ0n) is 11.1. The second-order valence-electron chi connectivity index (χ2n) is 4.40. The molecule has 0 spiro atoms. The molecule has 0 aliphatic rings. The summed E-state index contributed by atoms with van der Waals surface area (Å²) in [5.41, 5.74) is 0.787. The van der Waals surface area contributed by atoms with Crippen LogP contribution < -0.4 is 16.4 Å². The Morgan fingerprint density at radius 2 is 1.95 bits per heavy atom. The Morgan fingerprint density at radius 1 is 1.30 bits per heavy atom. The van der Waals surface area contributed by atoms with Gasteiger partial charge in [-0.1, -0.05) is 0 Å². The number of hydrogen-bond donors (Lipinski definition) is 2. The molecule has 0 bridgehead atoms. The minimum atomic E-state index is -0.529. The molecule has 0 atom stereocenters. The topological polar surface area (TPSA) is 96.8 Å². The van der Waals surface area contributed by atoms with Crippen molar-refractivity contribution in [1.29, 1.82) is 0 Å². The van der Waals surface area contributed by atoms with E-state index in [4.69, 9.17) is 0 Å². The molecule has 2 aromatic heterocycles. The molecular formula is C13H14N4O3. The van der Waals surface area contributed by atoms with Gasteiger partial charge in [0.25, 0.3) is 0 Å². The van der Waals surface area contributed by atoms with Crippen LogP contribution in [0.1, 0.15) is 11.4 Å². The molecule has 1 amide bonds. The third kappa shape index (κ3) is 3.19. The minimum Gasteiger partial charge on any atom is -0.340 e. The fraction of sp³-hybridized carbons (Fsp3) is 0.231. The summed E-state index contributed by atoms with van der Waals surface area (Å²) in [6.07, 6.45) is 1.31. The summed E-state index contributed by atoms with van der Waals surface area (Å²) in [5, 5.41) is 2.57. The van der Waals surface area contributed by atoms with Gasteiger partial charge in [-0.25, -0.2) is 9.78 Å². The first-order chi connectivity index (χ1) is 9.45. The van der Waals surface area contributed by atoms with E-state index in [0.717, 1.165) is 0 Å². The first-order valence-electron chi connectivity index (χ1n) is 5.99. The number of pyridine rings is 1. The summed E-state index contributed by atoms with van der Waals surface area (Å²) in [7, 11) is 0. The van der Waals surface area contributed by atoms with Gasteiger partial charge in [-0.05, 0) is 19.9 Å². The molecule has 0 radical (unpaired) electrons. The molecule has 0 saturated heterocycles. The fourth-order valence-electron chi connectivity index (χ4n) is 1.91. The molecule has 0 fully saturated rings. The van der Waals surface area contributed by atoms with Gasteiger partial charge in [-0.15, -0.1) is 0 Å². The molecule has 2 aromatic rings. The maximum atomic E-state index is 11.9. The van der Waals surface area contributed by atoms with E-state index in [1.807, 2.05) is 0 Å². The molecule has 20 heavy (non-hydrogen) atoms. The molecule has 2 rings (SSSR count). The number of carbonyl (C=O) groups is 1. The van der Waals surface area contributed by atoms with Gasteiger partial charge in [0.2, 0.25) is 5.91 Å². The lowest BCUT2D eigenvalue weighted by Crippen LogP contribution is -2.24. The molecule has 7 nitrogen and oxygen atoms in total. The largest absolute Gasteiger partial charge is 0.346 e. The third-order valence-corrected chi connectivity index (χ3v) is 2.80. The number of H-pyrrole nitrogens is 1. The van der Waals surface area contributed by atoms with Crippen molar-refractivity contribution >= 4 is 11.7 Å². The van der Waals surface area contributed by atoms with E-state index in [9.17, 15) is 14.4 Å². The van der Waals surface area contributed by atoms with Gasteiger partial charge in [0.1, 0.15) is 12.4 Å². The average molecular weight is 274 g/mol. The standard InChI is InChI=1S/C13H14N4O3/c1-8-5-10(18)6-9(2)17(8)7-12(19)15-11-3-4-14-13(20)16-11/h3-6H,7H2,1-2H3,(H2,14,15,16,19,20). The van der Waals surface area contributed by atoms with E-state index in [2.05, 4.69) is 15.3 Å². The van der Waals surface area contributed by atoms with Crippen LogP contribution in [-0.2, 0) is 11.3 Å². The Balaban J connectivity index is 2.17. The number of nitrogens with one attached hydrogen (secondary N) is 2. The molecule has 0 saturated carbocycles. The van der Waals surface area contributed by atoms with E-state index >= 15 is 0 Å². The van der Waals surface area contributed by atoms with Gasteiger partial charge in [0, 0.05) is 29.7 Å². The van der Waals surface area contributed by atoms with E-state index in [1.54, 1.807) is 18.4 Å². The van der Waals surface area contributed by atoms with Crippen LogP contribution in [0.4, 0.5) is 5.82 Å². The van der Waals surface area contributed by atoms with E-state index in [1.165, 1.54) is 24.4 Å². The molecular weight excluding hydrogens is 260 g/mol. The van der Waals surface area contributed by atoms with Gasteiger partial charge in [0.05, 0.1) is 0 Å². The molecule has 0 aliphatic carbocycles. The van der Waals surface area contributed by atoms with Crippen LogP contribution >= 0.6 is 0 Å². The van der Waals surface area contributed by atoms with Gasteiger partial charge < -0.3 is 9.88 Å². The second-order valence-corrected chi connectivity index (χ2v) is 4.40. The minimum absolute atomic E-state index is 0.0578. The van der Waals surface area contributed by atoms with Crippen molar-refractivity contribution < 1.29 is 4.79 Å². The van der Waals surface area contributed by atoms with Crippen molar-refractivity contribution in [3.63, 3.8) is 0 Å². The fourth-order valence-corrected chi connectivity index (χ4v) is 1.91. The SMILES string of the molecule is Cc1cc(=O)cc(C)n1CC(=O)Nc1ccnc(=O)[nH]1. The summed E-state index contributed by atoms with van der Waals surface area (Å²) in [6, 6.07) is 4.42. The highest BCUT2D eigenvalue weighted by Crippen LogP contribution is 2.03. The second kappa shape index (κ2) is 5.52. The Labute approximate surface area is 114 Å². The summed E-state index contributed by atoms with van der Waals surface area (Å²) < 4.78 is 1.72. The van der Waals surface area contributed by atoms with Crippen molar-refractivity contribution in [3.8, 4) is 0 Å². The maximum absolute atomic E-state index is 11.9. The van der Waals surface area contributed by atoms with Crippen LogP contribution in [0.5, 0.6) is 0 Å². The molecule has 7 heteroatoms. The number of nitrogens with zero attached hydrogens (tertiary/aromatic N) is 2. The lowest BCUT2D eigenvalue weighted by atomic mass is 10.3. The van der Waals surface area contributed by atoms with Crippen LogP contribution in [0.15, 0.2) is 34.0 Å². The zero-order valence-corrected chi connectivity index (χ0v) is 11.1. The third-order valence-electron chi connectivity index (χ3n) is 2.80. The van der Waals surface area contributed by atoms with Crippen molar-refractivity contribution in [2.45, 2.75) is 20.4 Å². The quantitative estimate of drug-likeness (QED) is 0.834. The number of anilines is 1. The Hall–Kier alpha value is -2.70. The van der Waals surface area contributed by atoms with Crippen molar-refractivity contribution in [1.82, 2.24) is 14.5 Å². The van der Waals surface area contributed by atoms with Crippen molar-refractivity contribution in [2.75, 3.05) is 5.32 Å². The van der Waals surface area contributed by atoms with E-state index < -0.39 is 5.69 Å². The highest BCUT2D eigenvalue weighted by Gasteiger charge is 2.08. The van der Waals surface area contributed by atoms with Gasteiger partial charge in [-0.2, -0.15) is 0 Å². The summed E-state index contributed by atoms with van der Waals surface area (Å²) >= 11 is 0. The average Bonchev–Trinajstić information content (AvgIpc) is 2.33. The number of rotatable bonds is 3. The number of amides is 1. The Kier molecular flexibility index (Phi) is 3.79. The molecule has 2 heterocycles. The highest BCUT2D eigenvalue weighted by molar-refractivity contribution is 5.89. The maximum Gasteiger partial charge on any atom is 0.346 e. The van der Waals surface area contributed by atoms with Crippen LogP contribution in [0.2, 0.25) is 0 Å². The predicted octanol–water partition coefficient (Wildman–Crippen LogP) is 0.187. The number of aromatic amines is 1. The smallest absolute Gasteiger partial charge is 0.340 e. The van der Waals surface area contributed by atoms with Gasteiger partial charge in [0.15, 0.2) is 5.43 Å². The number of carbonyl (C=O) groups excluding carboxylic acids is 1. The number of hydrogen-bond acceptors (Lipinski definition) is 4. The summed E-state index contributed by atoms with van der Waals surface area (Å²) in [4.78, 5) is 40.1. The Morgan fingerprint density at radius 3 is 2.55 bits per heavy atom. The lowest BCUT2D eigenvalue weighted by molar-refractivity contribution is -0.116. The molecule has 0 aromatic carbocycles. The Bertz CT molecular complexity index is 734. The predicted molar refractivity (Wildman–Crippen MR) is 73.7 cm³/mol. The van der Waals surface area contributed by atoms with Crippen LogP contribution in [-0.4, -0.2) is 20.4 Å². The van der Waals surface area contributed by atoms with Crippen LogP contribution in [0, 0.1) is 13.8 Å². The molecule has 0 aliphatic heterocycles. The highest BCUT2D eigenvalue weighted by atomic mass is 16.2.